The van der Waals surface area contributed by atoms with E-state index in [-0.39, 0.29) is 39.9 Å². The summed E-state index contributed by atoms with van der Waals surface area (Å²) in [5, 5.41) is 0. The van der Waals surface area contributed by atoms with Crippen LogP contribution >= 0.6 is 0 Å². The van der Waals surface area contributed by atoms with E-state index >= 15 is 0 Å². The number of hydrogen-bond donors (Lipinski definition) is 0. The molecule has 0 aromatic rings. The molecule has 104 valence electrons. The molecule has 0 N–H and O–H groups in total. The van der Waals surface area contributed by atoms with Crippen LogP contribution in [0.3, 0.4) is 0 Å². The van der Waals surface area contributed by atoms with Gasteiger partial charge in [-0.25, -0.2) is 0 Å². The minimum atomic E-state index is 0. The van der Waals surface area contributed by atoms with Crippen molar-refractivity contribution in [3.63, 3.8) is 0 Å². The Kier molecular flexibility index (Phi) is 10.7. The van der Waals surface area contributed by atoms with Gasteiger partial charge in [0.25, 0.3) is 0 Å². The van der Waals surface area contributed by atoms with E-state index in [1.165, 1.54) is 0 Å². The van der Waals surface area contributed by atoms with Gasteiger partial charge in [-0.3, -0.25) is 28.2 Å². The third kappa shape index (κ3) is 8.81. The van der Waals surface area contributed by atoms with Crippen molar-refractivity contribution in [2.24, 2.45) is 0 Å². The molecular weight excluding hydrogens is 357 g/mol. The predicted octanol–water partition coefficient (Wildman–Crippen LogP) is 0.374. The van der Waals surface area contributed by atoms with Crippen LogP contribution in [-0.2, 0) is 0 Å². The topological polar surface area (TPSA) is 13.0 Å². The molecule has 1 aliphatic heterocycles. The summed E-state index contributed by atoms with van der Waals surface area (Å²) in [6, 6.07) is 0. The van der Waals surface area contributed by atoms with Crippen molar-refractivity contribution in [2.75, 3.05) is 52.4 Å². The fourth-order valence-corrected chi connectivity index (χ4v) is 1.58. The molecule has 0 atom stereocenters. The quantitative estimate of drug-likeness (QED) is 0.562. The van der Waals surface area contributed by atoms with Gasteiger partial charge < -0.3 is 19.6 Å². The maximum atomic E-state index is 4.01. The van der Waals surface area contributed by atoms with E-state index in [9.17, 15) is 0 Å². The first-order valence-electron chi connectivity index (χ1n) is 5.79. The molecule has 1 rings (SSSR count). The molecule has 5 heteroatoms. The first-order valence-corrected chi connectivity index (χ1v) is 5.79. The first kappa shape index (κ1) is 18.2. The van der Waals surface area contributed by atoms with E-state index in [0.717, 1.165) is 52.4 Å². The zero-order valence-electron chi connectivity index (χ0n) is 10.6. The van der Waals surface area contributed by atoms with Gasteiger partial charge in [-0.15, -0.1) is 0 Å². The monoisotopic (exact) mass is 382 g/mol. The average Bonchev–Trinajstić information content (AvgIpc) is 2.27. The predicted molar refractivity (Wildman–Crippen MR) is 67.7 cm³/mol. The second kappa shape index (κ2) is 10.0. The molecule has 1 aliphatic rings. The maximum absolute atomic E-state index is 4.01. The van der Waals surface area contributed by atoms with E-state index in [4.69, 9.17) is 0 Å². The number of nitrogens with zero attached hydrogens (tertiary/aromatic N) is 4. The van der Waals surface area contributed by atoms with Crippen LogP contribution in [0.15, 0.2) is 0 Å². The molecule has 0 amide bonds. The third-order valence-electron chi connectivity index (χ3n) is 2.93. The summed E-state index contributed by atoms with van der Waals surface area (Å²) in [5.41, 5.74) is 0. The van der Waals surface area contributed by atoms with Crippen molar-refractivity contribution in [2.45, 2.75) is 0 Å². The molecule has 1 heterocycles. The molecule has 0 aliphatic carbocycles. The van der Waals surface area contributed by atoms with E-state index < -0.39 is 0 Å². The van der Waals surface area contributed by atoms with Gasteiger partial charge in [-0.1, -0.05) is 0 Å². The Morgan fingerprint density at radius 3 is 0.647 bits per heavy atom. The summed E-state index contributed by atoms with van der Waals surface area (Å²) in [5.74, 6) is 0. The van der Waals surface area contributed by atoms with Crippen LogP contribution in [0.4, 0.5) is 0 Å². The molecule has 17 heavy (non-hydrogen) atoms. The van der Waals surface area contributed by atoms with Gasteiger partial charge in [-0.2, -0.15) is 0 Å². The Hall–Kier alpha value is 1.16. The standard InChI is InChI=1S/C12H24N4.Gd/c1-13-5-7-14(2)9-11-16(4)12-10-15(3)8-6-13;/h1-12H2;/q-4;. The van der Waals surface area contributed by atoms with Crippen molar-refractivity contribution in [3.05, 3.63) is 28.2 Å². The molecular formula is C12H24GdN4-4. The molecule has 0 aromatic carbocycles. The summed E-state index contributed by atoms with van der Waals surface area (Å²) in [7, 11) is 16.0. The molecule has 0 aromatic heterocycles. The maximum Gasteiger partial charge on any atom is 0 e. The minimum Gasteiger partial charge on any atom is -0.457 e. The summed E-state index contributed by atoms with van der Waals surface area (Å²) < 4.78 is 0. The smallest absolute Gasteiger partial charge is 0 e. The van der Waals surface area contributed by atoms with E-state index in [1.807, 2.05) is 0 Å². The van der Waals surface area contributed by atoms with Crippen molar-refractivity contribution < 1.29 is 39.9 Å². The van der Waals surface area contributed by atoms with Gasteiger partial charge in [0, 0.05) is 39.9 Å². The van der Waals surface area contributed by atoms with Crippen molar-refractivity contribution in [1.29, 1.82) is 0 Å². The second-order valence-corrected chi connectivity index (χ2v) is 4.47. The summed E-state index contributed by atoms with van der Waals surface area (Å²) in [4.78, 5) is 8.33. The molecule has 0 bridgehead atoms. The minimum absolute atomic E-state index is 0. The molecule has 0 spiro atoms. The molecule has 4 nitrogen and oxygen atoms in total. The Labute approximate surface area is 139 Å². The molecule has 0 saturated carbocycles. The second-order valence-electron chi connectivity index (χ2n) is 4.47. The SMILES string of the molecule is [CH2-]N1CCN([CH2-])CCN([CH2-])CCN([CH2-])CC1.[Gd]. The van der Waals surface area contributed by atoms with E-state index in [0.29, 0.717) is 0 Å². The van der Waals surface area contributed by atoms with Gasteiger partial charge >= 0.3 is 0 Å². The summed E-state index contributed by atoms with van der Waals surface area (Å²) >= 11 is 0. The van der Waals surface area contributed by atoms with Crippen LogP contribution in [0.5, 0.6) is 0 Å². The number of hydrogen-bond acceptors (Lipinski definition) is 4. The average molecular weight is 382 g/mol. The van der Waals surface area contributed by atoms with Crippen LogP contribution in [-0.4, -0.2) is 72.0 Å². The van der Waals surface area contributed by atoms with Gasteiger partial charge in [-0.05, 0) is 52.4 Å². The van der Waals surface area contributed by atoms with E-state index in [2.05, 4.69) is 47.8 Å². The first-order chi connectivity index (χ1) is 7.58. The fraction of sp³-hybridized carbons (Fsp3) is 0.667. The normalized spacial score (nSPS) is 24.7. The van der Waals surface area contributed by atoms with Crippen molar-refractivity contribution in [1.82, 2.24) is 19.6 Å². The zero-order valence-corrected chi connectivity index (χ0v) is 12.9. The molecule has 0 unspecified atom stereocenters. The van der Waals surface area contributed by atoms with E-state index in [1.54, 1.807) is 0 Å². The van der Waals surface area contributed by atoms with Gasteiger partial charge in [0.1, 0.15) is 0 Å². The van der Waals surface area contributed by atoms with Crippen molar-refractivity contribution >= 4 is 0 Å². The van der Waals surface area contributed by atoms with Crippen LogP contribution < -0.4 is 0 Å². The van der Waals surface area contributed by atoms with Crippen LogP contribution in [0, 0.1) is 68.1 Å². The third-order valence-corrected chi connectivity index (χ3v) is 2.93. The van der Waals surface area contributed by atoms with Crippen LogP contribution in [0.25, 0.3) is 0 Å². The van der Waals surface area contributed by atoms with Gasteiger partial charge in [0.05, 0.1) is 0 Å². The Balaban J connectivity index is 0.00000256. The molecule has 1 saturated heterocycles. The Morgan fingerprint density at radius 1 is 0.412 bits per heavy atom. The van der Waals surface area contributed by atoms with Crippen molar-refractivity contribution in [3.8, 4) is 0 Å². The van der Waals surface area contributed by atoms with Gasteiger partial charge in [0.15, 0.2) is 0 Å². The fourth-order valence-electron chi connectivity index (χ4n) is 1.58. The molecule has 1 fully saturated rings. The van der Waals surface area contributed by atoms with Crippen LogP contribution in [0.2, 0.25) is 0 Å². The summed E-state index contributed by atoms with van der Waals surface area (Å²) in [6.07, 6.45) is 0. The number of rotatable bonds is 0. The Morgan fingerprint density at radius 2 is 0.529 bits per heavy atom. The van der Waals surface area contributed by atoms with Gasteiger partial charge in [0.2, 0.25) is 0 Å². The Bertz CT molecular complexity index is 135. The molecule has 0 radical (unpaired) electrons. The van der Waals surface area contributed by atoms with Crippen LogP contribution in [0.1, 0.15) is 0 Å². The zero-order chi connectivity index (χ0) is 12.0. The summed E-state index contributed by atoms with van der Waals surface area (Å²) in [6.45, 7) is 7.62. The largest absolute Gasteiger partial charge is 0.457 e.